The largest absolute Gasteiger partial charge is 0.481 e. The number of hydrogen-bond donors (Lipinski definition) is 1. The second-order valence-electron chi connectivity index (χ2n) is 4.97. The van der Waals surface area contributed by atoms with E-state index in [0.29, 0.717) is 0 Å². The van der Waals surface area contributed by atoms with E-state index in [0.717, 1.165) is 26.7 Å². The highest BCUT2D eigenvalue weighted by Gasteiger charge is 2.35. The first-order valence-corrected chi connectivity index (χ1v) is 13.2. The van der Waals surface area contributed by atoms with Crippen molar-refractivity contribution >= 4 is 68.6 Å². The molecule has 0 radical (unpaired) electrons. The van der Waals surface area contributed by atoms with E-state index in [4.69, 9.17) is 0 Å². The summed E-state index contributed by atoms with van der Waals surface area (Å²) in [6, 6.07) is 18.5. The fourth-order valence-electron chi connectivity index (χ4n) is 2.69. The number of benzene rings is 3. The topological polar surface area (TPSA) is 37.3 Å². The fraction of sp³-hybridized carbons (Fsp3) is 0.0625. The average Bonchev–Trinajstić information content (AvgIpc) is 2.43. The highest BCUT2D eigenvalue weighted by molar-refractivity contribution is 9.51. The van der Waals surface area contributed by atoms with Crippen LogP contribution >= 0.6 is 30.6 Å². The molecule has 21 heavy (non-hydrogen) atoms. The first kappa shape index (κ1) is 14.8. The van der Waals surface area contributed by atoms with Crippen molar-refractivity contribution in [3.05, 3.63) is 54.6 Å². The fourth-order valence-corrected chi connectivity index (χ4v) is 8.49. The molecule has 0 heterocycles. The van der Waals surface area contributed by atoms with Gasteiger partial charge in [0, 0.05) is 0 Å². The Labute approximate surface area is 138 Å². The van der Waals surface area contributed by atoms with Gasteiger partial charge in [0.05, 0.1) is 6.04 Å². The van der Waals surface area contributed by atoms with Crippen LogP contribution in [-0.4, -0.2) is 16.4 Å². The molecular formula is C16H12Br2O2Si. The predicted octanol–water partition coefficient (Wildman–Crippen LogP) is 4.52. The van der Waals surface area contributed by atoms with Crippen molar-refractivity contribution in [2.24, 2.45) is 0 Å². The summed E-state index contributed by atoms with van der Waals surface area (Å²) in [4.78, 5) is 11.2. The number of hydrogen-bond acceptors (Lipinski definition) is 1. The molecule has 3 aromatic rings. The van der Waals surface area contributed by atoms with E-state index in [1.807, 2.05) is 24.3 Å². The Balaban J connectivity index is 2.43. The molecule has 0 amide bonds. The molecule has 0 spiro atoms. The average molecular weight is 424 g/mol. The van der Waals surface area contributed by atoms with Crippen LogP contribution in [0.4, 0.5) is 0 Å². The first-order chi connectivity index (χ1) is 9.99. The summed E-state index contributed by atoms with van der Waals surface area (Å²) in [5, 5.41) is 12.4. The predicted molar refractivity (Wildman–Crippen MR) is 97.1 cm³/mol. The molecule has 0 aromatic heterocycles. The Hall–Kier alpha value is -1.17. The van der Waals surface area contributed by atoms with Crippen molar-refractivity contribution in [2.75, 3.05) is 0 Å². The minimum atomic E-state index is -2.45. The summed E-state index contributed by atoms with van der Waals surface area (Å²) < 4.78 is 0. The Morgan fingerprint density at radius 1 is 0.952 bits per heavy atom. The van der Waals surface area contributed by atoms with E-state index in [1.54, 1.807) is 0 Å². The number of aliphatic carboxylic acids is 1. The highest BCUT2D eigenvalue weighted by atomic mass is 79.9. The number of halogens is 2. The Bertz CT molecular complexity index is 792. The summed E-state index contributed by atoms with van der Waals surface area (Å²) in [5.74, 6) is -0.799. The SMILES string of the molecule is O=C(O)C[Si](Br)(Br)c1c2ccccc2cc2ccccc12. The molecule has 0 saturated carbocycles. The molecule has 2 nitrogen and oxygen atoms in total. The molecule has 1 N–H and O–H groups in total. The molecule has 0 aliphatic heterocycles. The summed E-state index contributed by atoms with van der Waals surface area (Å²) >= 11 is 7.42. The van der Waals surface area contributed by atoms with Gasteiger partial charge in [0.15, 0.2) is 0 Å². The zero-order valence-electron chi connectivity index (χ0n) is 11.0. The quantitative estimate of drug-likeness (QED) is 0.382. The molecule has 5 heteroatoms. The van der Waals surface area contributed by atoms with Gasteiger partial charge in [-0.15, -0.1) is 30.6 Å². The third-order valence-electron chi connectivity index (χ3n) is 3.51. The highest BCUT2D eigenvalue weighted by Crippen LogP contribution is 2.32. The van der Waals surface area contributed by atoms with Crippen molar-refractivity contribution in [3.63, 3.8) is 0 Å². The summed E-state index contributed by atoms with van der Waals surface area (Å²) in [6.07, 6.45) is 0. The Morgan fingerprint density at radius 3 is 1.90 bits per heavy atom. The van der Waals surface area contributed by atoms with Crippen LogP contribution in [0.1, 0.15) is 0 Å². The summed E-state index contributed by atoms with van der Waals surface area (Å²) in [5.41, 5.74) is 0. The molecule has 106 valence electrons. The van der Waals surface area contributed by atoms with Crippen LogP contribution in [0.2, 0.25) is 6.04 Å². The normalized spacial score (nSPS) is 11.9. The minimum absolute atomic E-state index is 0.0883. The lowest BCUT2D eigenvalue weighted by Crippen LogP contribution is -2.38. The van der Waals surface area contributed by atoms with Crippen LogP contribution in [0.25, 0.3) is 21.5 Å². The maximum absolute atomic E-state index is 11.2. The zero-order chi connectivity index (χ0) is 15.0. The Morgan fingerprint density at radius 2 is 1.43 bits per heavy atom. The molecule has 0 aliphatic carbocycles. The van der Waals surface area contributed by atoms with Gasteiger partial charge < -0.3 is 5.11 Å². The van der Waals surface area contributed by atoms with E-state index in [-0.39, 0.29) is 6.04 Å². The third kappa shape index (κ3) is 2.78. The van der Waals surface area contributed by atoms with Gasteiger partial charge in [-0.2, -0.15) is 0 Å². The number of rotatable bonds is 3. The van der Waals surface area contributed by atoms with E-state index in [9.17, 15) is 9.90 Å². The van der Waals surface area contributed by atoms with Crippen LogP contribution in [0.3, 0.4) is 0 Å². The zero-order valence-corrected chi connectivity index (χ0v) is 15.2. The van der Waals surface area contributed by atoms with Crippen LogP contribution in [0.5, 0.6) is 0 Å². The van der Waals surface area contributed by atoms with Crippen LogP contribution in [0.15, 0.2) is 54.6 Å². The van der Waals surface area contributed by atoms with Crippen molar-refractivity contribution in [3.8, 4) is 0 Å². The van der Waals surface area contributed by atoms with Gasteiger partial charge in [0.1, 0.15) is 0 Å². The maximum atomic E-state index is 11.2. The molecule has 3 rings (SSSR count). The van der Waals surface area contributed by atoms with Crippen molar-refractivity contribution in [2.45, 2.75) is 6.04 Å². The van der Waals surface area contributed by atoms with Crippen LogP contribution in [-0.2, 0) is 4.79 Å². The number of carbonyl (C=O) groups is 1. The molecule has 0 saturated heterocycles. The smallest absolute Gasteiger partial charge is 0.302 e. The second kappa shape index (κ2) is 5.55. The Kier molecular flexibility index (Phi) is 3.90. The number of fused-ring (bicyclic) bond motifs is 2. The molecular weight excluding hydrogens is 412 g/mol. The van der Waals surface area contributed by atoms with Crippen LogP contribution in [0, 0.1) is 0 Å². The molecule has 0 atom stereocenters. The molecule has 0 bridgehead atoms. The lowest BCUT2D eigenvalue weighted by molar-refractivity contribution is -0.134. The van der Waals surface area contributed by atoms with Gasteiger partial charge in [-0.3, -0.25) is 4.79 Å². The van der Waals surface area contributed by atoms with Crippen molar-refractivity contribution in [1.82, 2.24) is 0 Å². The number of carboxylic acid groups (broad SMARTS) is 1. The van der Waals surface area contributed by atoms with Gasteiger partial charge in [0.25, 0.3) is 0 Å². The second-order valence-corrected chi connectivity index (χ2v) is 18.5. The van der Waals surface area contributed by atoms with Gasteiger partial charge in [0.2, 0.25) is 5.31 Å². The molecule has 0 unspecified atom stereocenters. The van der Waals surface area contributed by atoms with Gasteiger partial charge in [-0.25, -0.2) is 0 Å². The lowest BCUT2D eigenvalue weighted by Gasteiger charge is -2.21. The van der Waals surface area contributed by atoms with Gasteiger partial charge >= 0.3 is 5.97 Å². The molecule has 0 aliphatic rings. The van der Waals surface area contributed by atoms with Crippen molar-refractivity contribution in [1.29, 1.82) is 0 Å². The maximum Gasteiger partial charge on any atom is 0.302 e. The monoisotopic (exact) mass is 422 g/mol. The summed E-state index contributed by atoms with van der Waals surface area (Å²) in [7, 11) is 0. The van der Waals surface area contributed by atoms with E-state index in [2.05, 4.69) is 60.9 Å². The van der Waals surface area contributed by atoms with Crippen LogP contribution < -0.4 is 5.19 Å². The molecule has 0 fully saturated rings. The van der Waals surface area contributed by atoms with Crippen molar-refractivity contribution < 1.29 is 9.90 Å². The number of carboxylic acids is 1. The minimum Gasteiger partial charge on any atom is -0.481 e. The van der Waals surface area contributed by atoms with Gasteiger partial charge in [-0.1, -0.05) is 48.5 Å². The lowest BCUT2D eigenvalue weighted by atomic mass is 10.0. The third-order valence-corrected chi connectivity index (χ3v) is 9.59. The van der Waals surface area contributed by atoms with E-state index >= 15 is 0 Å². The summed E-state index contributed by atoms with van der Waals surface area (Å²) in [6.45, 7) is 0. The van der Waals surface area contributed by atoms with E-state index < -0.39 is 11.3 Å². The van der Waals surface area contributed by atoms with E-state index in [1.165, 1.54) is 0 Å². The van der Waals surface area contributed by atoms with Gasteiger partial charge in [-0.05, 0) is 32.8 Å². The standard InChI is InChI=1S/C16H12Br2O2Si/c17-21(18,10-15(19)20)16-13-7-3-1-5-11(13)9-12-6-2-4-8-14(12)16/h1-9H,10H2,(H,19,20). The first-order valence-electron chi connectivity index (χ1n) is 6.49. The molecule has 3 aromatic carbocycles.